The standard InChI is InChI=1S/C12H13N3O4/c1-18-4-5-19-9-6-10(12(16)17)14-11(7-9)15-3-2-13-8-15/h2-3,6-8H,4-5H2,1H3,(H,16,17). The van der Waals surface area contributed by atoms with Gasteiger partial charge in [0.2, 0.25) is 0 Å². The normalized spacial score (nSPS) is 10.4. The van der Waals surface area contributed by atoms with E-state index < -0.39 is 5.97 Å². The van der Waals surface area contributed by atoms with Crippen LogP contribution in [-0.4, -0.2) is 45.9 Å². The highest BCUT2D eigenvalue weighted by Gasteiger charge is 2.10. The van der Waals surface area contributed by atoms with Crippen LogP contribution in [0.25, 0.3) is 5.82 Å². The molecule has 2 rings (SSSR count). The SMILES string of the molecule is COCCOc1cc(C(=O)O)nc(-n2ccnc2)c1. The molecule has 7 heteroatoms. The highest BCUT2D eigenvalue weighted by molar-refractivity contribution is 5.86. The lowest BCUT2D eigenvalue weighted by Gasteiger charge is -2.09. The van der Waals surface area contributed by atoms with Gasteiger partial charge in [0.05, 0.1) is 6.61 Å². The van der Waals surface area contributed by atoms with Gasteiger partial charge in [-0.3, -0.25) is 4.57 Å². The lowest BCUT2D eigenvalue weighted by molar-refractivity contribution is 0.0689. The Morgan fingerprint density at radius 3 is 2.89 bits per heavy atom. The van der Waals surface area contributed by atoms with Crippen LogP contribution in [0, 0.1) is 0 Å². The third kappa shape index (κ3) is 3.29. The van der Waals surface area contributed by atoms with Crippen molar-refractivity contribution >= 4 is 5.97 Å². The highest BCUT2D eigenvalue weighted by atomic mass is 16.5. The van der Waals surface area contributed by atoms with Crippen molar-refractivity contribution in [3.8, 4) is 11.6 Å². The molecule has 7 nitrogen and oxygen atoms in total. The van der Waals surface area contributed by atoms with Gasteiger partial charge >= 0.3 is 5.97 Å². The predicted molar refractivity (Wildman–Crippen MR) is 65.7 cm³/mol. The molecule has 2 heterocycles. The largest absolute Gasteiger partial charge is 0.491 e. The number of nitrogens with zero attached hydrogens (tertiary/aromatic N) is 3. The highest BCUT2D eigenvalue weighted by Crippen LogP contribution is 2.17. The first kappa shape index (κ1) is 13.0. The molecule has 0 radical (unpaired) electrons. The summed E-state index contributed by atoms with van der Waals surface area (Å²) in [4.78, 5) is 18.9. The minimum atomic E-state index is -1.11. The van der Waals surface area contributed by atoms with Crippen LogP contribution in [0.15, 0.2) is 30.9 Å². The van der Waals surface area contributed by atoms with E-state index in [1.54, 1.807) is 30.1 Å². The molecule has 2 aromatic rings. The van der Waals surface area contributed by atoms with Crippen molar-refractivity contribution in [3.63, 3.8) is 0 Å². The first-order valence-corrected chi connectivity index (χ1v) is 5.56. The number of pyridine rings is 1. The fraction of sp³-hybridized carbons (Fsp3) is 0.250. The fourth-order valence-corrected chi connectivity index (χ4v) is 1.45. The van der Waals surface area contributed by atoms with Crippen LogP contribution in [-0.2, 0) is 4.74 Å². The molecule has 0 unspecified atom stereocenters. The van der Waals surface area contributed by atoms with E-state index in [1.807, 2.05) is 0 Å². The molecule has 0 atom stereocenters. The van der Waals surface area contributed by atoms with Gasteiger partial charge in [0, 0.05) is 31.6 Å². The van der Waals surface area contributed by atoms with Crippen LogP contribution in [0.3, 0.4) is 0 Å². The molecule has 0 aliphatic carbocycles. The Kier molecular flexibility index (Phi) is 4.09. The summed E-state index contributed by atoms with van der Waals surface area (Å²) in [5.41, 5.74) is -0.0846. The van der Waals surface area contributed by atoms with E-state index in [-0.39, 0.29) is 5.69 Å². The van der Waals surface area contributed by atoms with Gasteiger partial charge in [-0.25, -0.2) is 14.8 Å². The van der Waals surface area contributed by atoms with E-state index in [9.17, 15) is 4.79 Å². The van der Waals surface area contributed by atoms with Crippen LogP contribution in [0.5, 0.6) is 5.75 Å². The van der Waals surface area contributed by atoms with Gasteiger partial charge in [-0.2, -0.15) is 0 Å². The number of aromatic nitrogens is 3. The number of carboxylic acid groups (broad SMARTS) is 1. The molecule has 100 valence electrons. The average Bonchev–Trinajstić information content (AvgIpc) is 2.92. The number of carboxylic acids is 1. The quantitative estimate of drug-likeness (QED) is 0.782. The summed E-state index contributed by atoms with van der Waals surface area (Å²) in [5, 5.41) is 9.04. The zero-order valence-corrected chi connectivity index (χ0v) is 10.3. The second kappa shape index (κ2) is 5.96. The molecule has 0 amide bonds. The number of hydrogen-bond donors (Lipinski definition) is 1. The second-order valence-electron chi connectivity index (χ2n) is 3.66. The second-order valence-corrected chi connectivity index (χ2v) is 3.66. The zero-order valence-electron chi connectivity index (χ0n) is 10.3. The maximum atomic E-state index is 11.0. The van der Waals surface area contributed by atoms with Crippen molar-refractivity contribution in [2.24, 2.45) is 0 Å². The third-order valence-electron chi connectivity index (χ3n) is 2.33. The number of imidazole rings is 1. The van der Waals surface area contributed by atoms with Crippen molar-refractivity contribution in [1.82, 2.24) is 14.5 Å². The smallest absolute Gasteiger partial charge is 0.354 e. The Hall–Kier alpha value is -2.41. The summed E-state index contributed by atoms with van der Waals surface area (Å²) in [7, 11) is 1.56. The van der Waals surface area contributed by atoms with Crippen LogP contribution in [0.4, 0.5) is 0 Å². The summed E-state index contributed by atoms with van der Waals surface area (Å²) >= 11 is 0. The minimum absolute atomic E-state index is 0.0846. The summed E-state index contributed by atoms with van der Waals surface area (Å²) in [6.07, 6.45) is 4.79. The molecule has 0 aliphatic rings. The zero-order chi connectivity index (χ0) is 13.7. The molecule has 19 heavy (non-hydrogen) atoms. The van der Waals surface area contributed by atoms with E-state index in [0.717, 1.165) is 0 Å². The Bertz CT molecular complexity index is 554. The maximum absolute atomic E-state index is 11.0. The van der Waals surface area contributed by atoms with Crippen molar-refractivity contribution in [3.05, 3.63) is 36.5 Å². The van der Waals surface area contributed by atoms with E-state index in [0.29, 0.717) is 24.8 Å². The molecule has 0 aliphatic heterocycles. The van der Waals surface area contributed by atoms with Gasteiger partial charge in [0.1, 0.15) is 24.5 Å². The molecule has 0 fully saturated rings. The molecule has 0 bridgehead atoms. The number of carbonyl (C=O) groups is 1. The summed E-state index contributed by atoms with van der Waals surface area (Å²) in [6.45, 7) is 0.758. The molecule has 2 aromatic heterocycles. The van der Waals surface area contributed by atoms with Crippen LogP contribution in [0.1, 0.15) is 10.5 Å². The van der Waals surface area contributed by atoms with Gasteiger partial charge in [-0.1, -0.05) is 0 Å². The van der Waals surface area contributed by atoms with Gasteiger partial charge in [0.25, 0.3) is 0 Å². The first-order chi connectivity index (χ1) is 9.20. The van der Waals surface area contributed by atoms with E-state index in [4.69, 9.17) is 14.6 Å². The average molecular weight is 263 g/mol. The Balaban J connectivity index is 2.30. The lowest BCUT2D eigenvalue weighted by atomic mass is 10.3. The topological polar surface area (TPSA) is 86.5 Å². The van der Waals surface area contributed by atoms with E-state index in [2.05, 4.69) is 9.97 Å². The number of aromatic carboxylic acids is 1. The fourth-order valence-electron chi connectivity index (χ4n) is 1.45. The predicted octanol–water partition coefficient (Wildman–Crippen LogP) is 0.991. The van der Waals surface area contributed by atoms with Crippen LogP contribution < -0.4 is 4.74 Å². The number of methoxy groups -OCH3 is 1. The Labute approximate surface area is 109 Å². The van der Waals surface area contributed by atoms with Gasteiger partial charge in [-0.05, 0) is 0 Å². The monoisotopic (exact) mass is 263 g/mol. The summed E-state index contributed by atoms with van der Waals surface area (Å²) in [5.74, 6) is -0.253. The summed E-state index contributed by atoms with van der Waals surface area (Å²) in [6, 6.07) is 3.02. The van der Waals surface area contributed by atoms with Crippen molar-refractivity contribution < 1.29 is 19.4 Å². The van der Waals surface area contributed by atoms with Crippen LogP contribution in [0.2, 0.25) is 0 Å². The van der Waals surface area contributed by atoms with Crippen molar-refractivity contribution in [1.29, 1.82) is 0 Å². The van der Waals surface area contributed by atoms with Crippen molar-refractivity contribution in [2.45, 2.75) is 0 Å². The van der Waals surface area contributed by atoms with E-state index in [1.165, 1.54) is 12.4 Å². The Morgan fingerprint density at radius 1 is 1.42 bits per heavy atom. The Morgan fingerprint density at radius 2 is 2.26 bits per heavy atom. The maximum Gasteiger partial charge on any atom is 0.354 e. The number of rotatable bonds is 6. The molecular weight excluding hydrogens is 250 g/mol. The molecule has 1 N–H and O–H groups in total. The van der Waals surface area contributed by atoms with Crippen molar-refractivity contribution in [2.75, 3.05) is 20.3 Å². The lowest BCUT2D eigenvalue weighted by Crippen LogP contribution is -2.08. The summed E-state index contributed by atoms with van der Waals surface area (Å²) < 4.78 is 11.9. The number of hydrogen-bond acceptors (Lipinski definition) is 5. The van der Waals surface area contributed by atoms with Gasteiger partial charge < -0.3 is 14.6 Å². The van der Waals surface area contributed by atoms with Gasteiger partial charge in [0.15, 0.2) is 5.69 Å². The molecule has 0 saturated carbocycles. The van der Waals surface area contributed by atoms with Gasteiger partial charge in [-0.15, -0.1) is 0 Å². The minimum Gasteiger partial charge on any atom is -0.491 e. The van der Waals surface area contributed by atoms with Crippen LogP contribution >= 0.6 is 0 Å². The third-order valence-corrected chi connectivity index (χ3v) is 2.33. The molecule has 0 aromatic carbocycles. The number of ether oxygens (including phenoxy) is 2. The molecule has 0 spiro atoms. The van der Waals surface area contributed by atoms with E-state index >= 15 is 0 Å². The molecule has 0 saturated heterocycles. The first-order valence-electron chi connectivity index (χ1n) is 5.56. The molecular formula is C12H13N3O4.